The standard InChI is InChI=1S/C32H42F3N3O5/c1-41-28-18-24(37-30-26(28)6-4-13-36-30)5-2-3-12-32(34,35)22-9-14-38(19-22)29(31(39)40)27-17-23(33)8-7-21(27)20-43-25-10-15-42-16-11-25/h7-8,17-18,22,25,29H,2-6,9-16,19-20H2,1H3,(H,36,37)(H,39,40)/t22-,29+/m1/s1. The third-order valence-corrected chi connectivity index (χ3v) is 8.91. The molecule has 11 heteroatoms. The van der Waals surface area contributed by atoms with Crippen LogP contribution in [-0.2, 0) is 33.7 Å². The maximum Gasteiger partial charge on any atom is 0.325 e. The minimum absolute atomic E-state index is 0.0217. The molecule has 0 radical (unpaired) electrons. The Morgan fingerprint density at radius 2 is 2.05 bits per heavy atom. The monoisotopic (exact) mass is 605 g/mol. The van der Waals surface area contributed by atoms with Gasteiger partial charge in [-0.25, -0.2) is 18.2 Å². The van der Waals surface area contributed by atoms with Crippen LogP contribution in [0.3, 0.4) is 0 Å². The highest BCUT2D eigenvalue weighted by molar-refractivity contribution is 5.76. The summed E-state index contributed by atoms with van der Waals surface area (Å²) in [6, 6.07) is 4.68. The topological polar surface area (TPSA) is 93.2 Å². The molecule has 4 heterocycles. The molecule has 0 unspecified atom stereocenters. The van der Waals surface area contributed by atoms with Crippen LogP contribution >= 0.6 is 0 Å². The zero-order chi connectivity index (χ0) is 30.4. The number of unbranched alkanes of at least 4 members (excludes halogenated alkanes) is 1. The molecule has 0 bridgehead atoms. The van der Waals surface area contributed by atoms with Crippen LogP contribution in [0.25, 0.3) is 0 Å². The molecule has 2 aromatic rings. The first-order valence-corrected chi connectivity index (χ1v) is 15.4. The molecule has 43 heavy (non-hydrogen) atoms. The van der Waals surface area contributed by atoms with Gasteiger partial charge in [0.2, 0.25) is 0 Å². The summed E-state index contributed by atoms with van der Waals surface area (Å²) in [7, 11) is 1.63. The van der Waals surface area contributed by atoms with Gasteiger partial charge in [-0.3, -0.25) is 9.69 Å². The van der Waals surface area contributed by atoms with Gasteiger partial charge in [-0.1, -0.05) is 6.07 Å². The van der Waals surface area contributed by atoms with Gasteiger partial charge in [-0.15, -0.1) is 0 Å². The molecule has 2 atom stereocenters. The number of fused-ring (bicyclic) bond motifs is 1. The Bertz CT molecular complexity index is 1240. The summed E-state index contributed by atoms with van der Waals surface area (Å²) in [5.74, 6) is -4.08. The molecule has 8 nitrogen and oxygen atoms in total. The molecule has 3 aliphatic rings. The second kappa shape index (κ2) is 14.3. The third-order valence-electron chi connectivity index (χ3n) is 8.91. The van der Waals surface area contributed by atoms with E-state index in [0.29, 0.717) is 38.0 Å². The van der Waals surface area contributed by atoms with Crippen LogP contribution < -0.4 is 10.1 Å². The van der Waals surface area contributed by atoms with Crippen molar-refractivity contribution in [2.45, 2.75) is 82.5 Å². The van der Waals surface area contributed by atoms with Crippen LogP contribution in [0.4, 0.5) is 19.0 Å². The molecule has 0 saturated carbocycles. The van der Waals surface area contributed by atoms with Crippen molar-refractivity contribution in [2.75, 3.05) is 45.3 Å². The molecule has 1 aromatic carbocycles. The van der Waals surface area contributed by atoms with E-state index in [0.717, 1.165) is 55.1 Å². The highest BCUT2D eigenvalue weighted by atomic mass is 19.3. The Kier molecular flexibility index (Phi) is 10.5. The lowest BCUT2D eigenvalue weighted by Gasteiger charge is -2.29. The summed E-state index contributed by atoms with van der Waals surface area (Å²) in [4.78, 5) is 18.7. The molecule has 0 aliphatic carbocycles. The number of methoxy groups -OCH3 is 1. The van der Waals surface area contributed by atoms with Crippen molar-refractivity contribution in [3.05, 3.63) is 52.5 Å². The van der Waals surface area contributed by atoms with Crippen LogP contribution in [0.2, 0.25) is 0 Å². The van der Waals surface area contributed by atoms with Crippen molar-refractivity contribution in [3.8, 4) is 5.75 Å². The van der Waals surface area contributed by atoms with Gasteiger partial charge in [0.15, 0.2) is 0 Å². The summed E-state index contributed by atoms with van der Waals surface area (Å²) >= 11 is 0. The van der Waals surface area contributed by atoms with Crippen LogP contribution in [0, 0.1) is 11.7 Å². The number of alkyl halides is 2. The Balaban J connectivity index is 1.18. The average molecular weight is 606 g/mol. The van der Waals surface area contributed by atoms with Crippen molar-refractivity contribution in [1.29, 1.82) is 0 Å². The lowest BCUT2D eigenvalue weighted by Crippen LogP contribution is -2.36. The van der Waals surface area contributed by atoms with E-state index in [4.69, 9.17) is 14.2 Å². The van der Waals surface area contributed by atoms with Gasteiger partial charge < -0.3 is 24.6 Å². The number of likely N-dealkylation sites (tertiary alicyclic amines) is 1. The molecule has 2 saturated heterocycles. The smallest absolute Gasteiger partial charge is 0.325 e. The van der Waals surface area contributed by atoms with E-state index in [1.54, 1.807) is 12.0 Å². The first-order valence-electron chi connectivity index (χ1n) is 15.4. The molecule has 5 rings (SSSR count). The number of nitrogens with one attached hydrogen (secondary N) is 1. The lowest BCUT2D eigenvalue weighted by atomic mass is 9.94. The highest BCUT2D eigenvalue weighted by Gasteiger charge is 2.45. The number of aryl methyl sites for hydroxylation is 1. The first kappa shape index (κ1) is 31.5. The van der Waals surface area contributed by atoms with Crippen LogP contribution in [0.15, 0.2) is 24.3 Å². The van der Waals surface area contributed by atoms with E-state index in [9.17, 15) is 14.3 Å². The van der Waals surface area contributed by atoms with Gasteiger partial charge in [-0.05, 0) is 81.2 Å². The molecule has 0 spiro atoms. The minimum atomic E-state index is -2.95. The Labute approximate surface area is 250 Å². The fourth-order valence-corrected chi connectivity index (χ4v) is 6.49. The van der Waals surface area contributed by atoms with Crippen molar-refractivity contribution in [2.24, 2.45) is 5.92 Å². The second-order valence-electron chi connectivity index (χ2n) is 11.8. The van der Waals surface area contributed by atoms with E-state index in [2.05, 4.69) is 10.3 Å². The maximum absolute atomic E-state index is 15.4. The third kappa shape index (κ3) is 7.80. The number of carboxylic acid groups (broad SMARTS) is 1. The summed E-state index contributed by atoms with van der Waals surface area (Å²) in [5.41, 5.74) is 2.69. The predicted molar refractivity (Wildman–Crippen MR) is 155 cm³/mol. The number of hydrogen-bond acceptors (Lipinski definition) is 7. The highest BCUT2D eigenvalue weighted by Crippen LogP contribution is 2.40. The van der Waals surface area contributed by atoms with Gasteiger partial charge >= 0.3 is 5.97 Å². The number of benzene rings is 1. The number of nitrogens with zero attached hydrogens (tertiary/aromatic N) is 2. The summed E-state index contributed by atoms with van der Waals surface area (Å²) in [6.07, 6.45) is 4.69. The molecule has 2 fully saturated rings. The number of carbonyl (C=O) groups is 1. The molecule has 1 aromatic heterocycles. The van der Waals surface area contributed by atoms with E-state index >= 15 is 8.78 Å². The van der Waals surface area contributed by atoms with Gasteiger partial charge in [0.05, 0.1) is 19.8 Å². The minimum Gasteiger partial charge on any atom is -0.496 e. The first-order chi connectivity index (χ1) is 20.7. The number of halogens is 3. The van der Waals surface area contributed by atoms with Crippen LogP contribution in [0.5, 0.6) is 5.75 Å². The molecule has 0 amide bonds. The Morgan fingerprint density at radius 3 is 2.81 bits per heavy atom. The number of ether oxygens (including phenoxy) is 3. The predicted octanol–water partition coefficient (Wildman–Crippen LogP) is 5.78. The molecule has 3 aliphatic heterocycles. The zero-order valence-corrected chi connectivity index (χ0v) is 24.8. The number of aromatic nitrogens is 1. The van der Waals surface area contributed by atoms with Crippen LogP contribution in [-0.4, -0.2) is 72.9 Å². The largest absolute Gasteiger partial charge is 0.496 e. The Hall–Kier alpha value is -2.89. The van der Waals surface area contributed by atoms with Gasteiger partial charge in [-0.2, -0.15) is 0 Å². The van der Waals surface area contributed by atoms with Gasteiger partial charge in [0.25, 0.3) is 5.92 Å². The van der Waals surface area contributed by atoms with Crippen molar-refractivity contribution >= 4 is 11.8 Å². The number of carboxylic acids is 1. The fraction of sp³-hybridized carbons (Fsp3) is 0.625. The van der Waals surface area contributed by atoms with Gasteiger partial charge in [0.1, 0.15) is 23.4 Å². The summed E-state index contributed by atoms with van der Waals surface area (Å²) in [6.45, 7) is 2.29. The van der Waals surface area contributed by atoms with Crippen molar-refractivity contribution < 1.29 is 37.3 Å². The lowest BCUT2D eigenvalue weighted by molar-refractivity contribution is -0.143. The molecular formula is C32H42F3N3O5. The van der Waals surface area contributed by atoms with E-state index < -0.39 is 29.7 Å². The Morgan fingerprint density at radius 1 is 1.23 bits per heavy atom. The zero-order valence-electron chi connectivity index (χ0n) is 24.8. The SMILES string of the molecule is COc1cc(CCCCC(F)(F)[C@@H]2CCN([C@H](C(=O)O)c3cc(F)ccc3COC3CCOCC3)C2)nc2c1CCCN2. The van der Waals surface area contributed by atoms with E-state index in [-0.39, 0.29) is 44.2 Å². The molecule has 236 valence electrons. The molecule has 2 N–H and O–H groups in total. The molecular weight excluding hydrogens is 563 g/mol. The van der Waals surface area contributed by atoms with Gasteiger partial charge in [0, 0.05) is 56.0 Å². The summed E-state index contributed by atoms with van der Waals surface area (Å²) < 4.78 is 62.0. The number of hydrogen-bond donors (Lipinski definition) is 2. The van der Waals surface area contributed by atoms with Crippen LogP contribution in [0.1, 0.15) is 73.4 Å². The second-order valence-corrected chi connectivity index (χ2v) is 11.8. The number of aliphatic carboxylic acids is 1. The van der Waals surface area contributed by atoms with E-state index in [1.807, 2.05) is 6.07 Å². The maximum atomic E-state index is 15.4. The number of rotatable bonds is 13. The van der Waals surface area contributed by atoms with Crippen molar-refractivity contribution in [1.82, 2.24) is 9.88 Å². The average Bonchev–Trinajstić information content (AvgIpc) is 3.50. The van der Waals surface area contributed by atoms with E-state index in [1.165, 1.54) is 18.2 Å². The number of anilines is 1. The van der Waals surface area contributed by atoms with Crippen molar-refractivity contribution in [3.63, 3.8) is 0 Å². The fourth-order valence-electron chi connectivity index (χ4n) is 6.49. The number of pyridine rings is 1. The quantitative estimate of drug-likeness (QED) is 0.278. The summed E-state index contributed by atoms with van der Waals surface area (Å²) in [5, 5.41) is 13.5. The normalized spacial score (nSPS) is 20.4.